The van der Waals surface area contributed by atoms with E-state index in [1.54, 1.807) is 0 Å². The van der Waals surface area contributed by atoms with Crippen LogP contribution < -0.4 is 0 Å². The van der Waals surface area contributed by atoms with Gasteiger partial charge in [-0.3, -0.25) is 0 Å². The van der Waals surface area contributed by atoms with E-state index in [-0.39, 0.29) is 0 Å². The Balaban J connectivity index is 4.81. The maximum atomic E-state index is 3.98. The van der Waals surface area contributed by atoms with E-state index >= 15 is 0 Å². The molecule has 0 spiro atoms. The van der Waals surface area contributed by atoms with Gasteiger partial charge in [0.25, 0.3) is 0 Å². The molecule has 0 aliphatic carbocycles. The molecule has 0 fully saturated rings. The SMILES string of the molecule is C=CC(C)[Si](C)(C)[Si](C)(C)C=C. The van der Waals surface area contributed by atoms with Crippen LogP contribution in [0.3, 0.4) is 0 Å². The van der Waals surface area contributed by atoms with Gasteiger partial charge in [-0.25, -0.2) is 0 Å². The number of hydrogen-bond donors (Lipinski definition) is 0. The van der Waals surface area contributed by atoms with Gasteiger partial charge in [-0.15, -0.1) is 18.9 Å². The van der Waals surface area contributed by atoms with Gasteiger partial charge in [-0.1, -0.05) is 39.2 Å². The molecule has 0 saturated carbocycles. The molecule has 0 nitrogen and oxygen atoms in total. The molecule has 0 bridgehead atoms. The smallest absolute Gasteiger partial charge is 0.0645 e. The van der Waals surface area contributed by atoms with E-state index in [2.05, 4.69) is 58.0 Å². The van der Waals surface area contributed by atoms with Gasteiger partial charge in [0.15, 0.2) is 0 Å². The summed E-state index contributed by atoms with van der Waals surface area (Å²) in [6.07, 6.45) is 2.12. The lowest BCUT2D eigenvalue weighted by atomic mass is 10.5. The molecule has 0 aliphatic heterocycles. The molecule has 1 unspecified atom stereocenters. The first-order chi connectivity index (χ1) is 5.29. The van der Waals surface area contributed by atoms with Crippen LogP contribution in [-0.4, -0.2) is 15.2 Å². The van der Waals surface area contributed by atoms with Crippen molar-refractivity contribution in [2.24, 2.45) is 0 Å². The second kappa shape index (κ2) is 3.75. The van der Waals surface area contributed by atoms with Gasteiger partial charge in [0.2, 0.25) is 0 Å². The largest absolute Gasteiger partial charge is 0.107 e. The Morgan fingerprint density at radius 3 is 1.75 bits per heavy atom. The molecule has 0 N–H and O–H groups in total. The van der Waals surface area contributed by atoms with Gasteiger partial charge >= 0.3 is 0 Å². The van der Waals surface area contributed by atoms with Crippen LogP contribution in [0.15, 0.2) is 24.9 Å². The van der Waals surface area contributed by atoms with Crippen LogP contribution in [0.1, 0.15) is 6.92 Å². The van der Waals surface area contributed by atoms with Crippen LogP contribution >= 0.6 is 0 Å². The van der Waals surface area contributed by atoms with E-state index in [1.807, 2.05) is 0 Å². The second-order valence-corrected chi connectivity index (χ2v) is 20.6. The highest BCUT2D eigenvalue weighted by atomic mass is 29.3. The van der Waals surface area contributed by atoms with Crippen molar-refractivity contribution in [3.63, 3.8) is 0 Å². The van der Waals surface area contributed by atoms with Gasteiger partial charge in [-0.2, -0.15) is 0 Å². The Bertz CT molecular complexity index is 180. The third-order valence-electron chi connectivity index (χ3n) is 3.66. The highest BCUT2D eigenvalue weighted by molar-refractivity contribution is 7.43. The molecule has 2 heteroatoms. The quantitative estimate of drug-likeness (QED) is 0.476. The van der Waals surface area contributed by atoms with E-state index < -0.39 is 15.2 Å². The molecule has 0 aromatic heterocycles. The zero-order valence-electron chi connectivity index (χ0n) is 9.15. The molecule has 0 aromatic rings. The average molecular weight is 198 g/mol. The summed E-state index contributed by atoms with van der Waals surface area (Å²) in [5, 5.41) is 0. The van der Waals surface area contributed by atoms with E-state index in [9.17, 15) is 0 Å². The topological polar surface area (TPSA) is 0 Å². The van der Waals surface area contributed by atoms with Crippen LogP contribution in [-0.2, 0) is 0 Å². The van der Waals surface area contributed by atoms with Crippen LogP contribution in [0, 0.1) is 0 Å². The molecule has 1 atom stereocenters. The van der Waals surface area contributed by atoms with Crippen LogP contribution in [0.4, 0.5) is 0 Å². The maximum absolute atomic E-state index is 3.98. The Labute approximate surface area is 79.2 Å². The minimum atomic E-state index is -1.16. The van der Waals surface area contributed by atoms with E-state index in [1.165, 1.54) is 0 Å². The summed E-state index contributed by atoms with van der Waals surface area (Å²) in [5.74, 6) is 0. The predicted octanol–water partition coefficient (Wildman–Crippen LogP) is 3.78. The molecule has 70 valence electrons. The van der Waals surface area contributed by atoms with Crippen LogP contribution in [0.5, 0.6) is 0 Å². The van der Waals surface area contributed by atoms with Gasteiger partial charge in [0, 0.05) is 0 Å². The summed E-state index contributed by atoms with van der Waals surface area (Å²) in [5.41, 5.74) is 2.94. The van der Waals surface area contributed by atoms with Gasteiger partial charge in [0.1, 0.15) is 0 Å². The van der Waals surface area contributed by atoms with E-state index in [4.69, 9.17) is 0 Å². The normalized spacial score (nSPS) is 15.4. The summed E-state index contributed by atoms with van der Waals surface area (Å²) < 4.78 is 0. The average Bonchev–Trinajstić information content (AvgIpc) is 2.02. The fourth-order valence-electron chi connectivity index (χ4n) is 1.14. The first-order valence-electron chi connectivity index (χ1n) is 4.55. The number of allylic oxidation sites excluding steroid dienone is 1. The number of hydrogen-bond acceptors (Lipinski definition) is 0. The summed E-state index contributed by atoms with van der Waals surface area (Å²) in [7, 11) is -2.29. The Kier molecular flexibility index (Phi) is 3.72. The standard InChI is InChI=1S/C10H22Si2/c1-8-10(3)12(6,7)11(4,5)9-2/h8-10H,1-2H2,3-7H3. The fourth-order valence-corrected chi connectivity index (χ4v) is 8.89. The third-order valence-corrected chi connectivity index (χ3v) is 22.5. The zero-order valence-corrected chi connectivity index (χ0v) is 11.1. The molecular weight excluding hydrogens is 176 g/mol. The highest BCUT2D eigenvalue weighted by Crippen LogP contribution is 2.31. The van der Waals surface area contributed by atoms with E-state index in [0.717, 1.165) is 0 Å². The van der Waals surface area contributed by atoms with Crippen molar-refractivity contribution in [2.75, 3.05) is 0 Å². The van der Waals surface area contributed by atoms with Gasteiger partial charge in [0.05, 0.1) is 15.2 Å². The van der Waals surface area contributed by atoms with Gasteiger partial charge in [-0.05, 0) is 5.54 Å². The molecule has 12 heavy (non-hydrogen) atoms. The summed E-state index contributed by atoms with van der Waals surface area (Å²) in [6, 6.07) is 0. The van der Waals surface area contributed by atoms with Crippen molar-refractivity contribution >= 4 is 15.2 Å². The first kappa shape index (κ1) is 11.9. The molecule has 0 aliphatic rings. The summed E-state index contributed by atoms with van der Waals surface area (Å²) in [6.45, 7) is 20.0. The van der Waals surface area contributed by atoms with Crippen LogP contribution in [0.25, 0.3) is 0 Å². The molecule has 0 saturated heterocycles. The van der Waals surface area contributed by atoms with E-state index in [0.29, 0.717) is 5.54 Å². The second-order valence-electron chi connectivity index (χ2n) is 4.67. The minimum absolute atomic E-state index is 0.706. The van der Waals surface area contributed by atoms with Crippen molar-refractivity contribution in [1.82, 2.24) is 0 Å². The molecule has 0 aromatic carbocycles. The molecule has 0 amide bonds. The lowest BCUT2D eigenvalue weighted by Gasteiger charge is -2.39. The van der Waals surface area contributed by atoms with Crippen molar-refractivity contribution in [3.05, 3.63) is 24.9 Å². The lowest BCUT2D eigenvalue weighted by Crippen LogP contribution is -2.55. The fraction of sp³-hybridized carbons (Fsp3) is 0.600. The third kappa shape index (κ3) is 1.99. The first-order valence-corrected chi connectivity index (χ1v) is 11.7. The summed E-state index contributed by atoms with van der Waals surface area (Å²) >= 11 is 0. The van der Waals surface area contributed by atoms with Crippen LogP contribution in [0.2, 0.25) is 31.7 Å². The molecule has 0 rings (SSSR count). The Hall–Kier alpha value is -0.0862. The monoisotopic (exact) mass is 198 g/mol. The van der Waals surface area contributed by atoms with Crippen molar-refractivity contribution in [3.8, 4) is 0 Å². The predicted molar refractivity (Wildman–Crippen MR) is 64.8 cm³/mol. The Morgan fingerprint density at radius 1 is 1.08 bits per heavy atom. The molecule has 0 radical (unpaired) electrons. The zero-order chi connectivity index (χ0) is 9.99. The lowest BCUT2D eigenvalue weighted by molar-refractivity contribution is 1.15. The number of rotatable bonds is 4. The maximum Gasteiger partial charge on any atom is 0.0645 e. The van der Waals surface area contributed by atoms with Crippen molar-refractivity contribution in [1.29, 1.82) is 0 Å². The Morgan fingerprint density at radius 2 is 1.50 bits per heavy atom. The van der Waals surface area contributed by atoms with Gasteiger partial charge < -0.3 is 0 Å². The molecule has 0 heterocycles. The van der Waals surface area contributed by atoms with Crippen molar-refractivity contribution < 1.29 is 0 Å². The highest BCUT2D eigenvalue weighted by Gasteiger charge is 2.41. The summed E-state index contributed by atoms with van der Waals surface area (Å²) in [4.78, 5) is 0. The minimum Gasteiger partial charge on any atom is -0.107 e. The molecular formula is C10H22Si2. The van der Waals surface area contributed by atoms with Crippen molar-refractivity contribution in [2.45, 2.75) is 38.7 Å².